The van der Waals surface area contributed by atoms with Crippen LogP contribution in [0, 0.1) is 5.92 Å². The van der Waals surface area contributed by atoms with Crippen LogP contribution in [0.1, 0.15) is 26.2 Å². The molecule has 3 rings (SSSR count). The van der Waals surface area contributed by atoms with Gasteiger partial charge in [-0.2, -0.15) is 5.10 Å². The number of hydrogen-bond acceptors (Lipinski definition) is 5. The zero-order chi connectivity index (χ0) is 17.8. The van der Waals surface area contributed by atoms with E-state index in [2.05, 4.69) is 10.4 Å². The number of carboxylic acids is 1. The van der Waals surface area contributed by atoms with Gasteiger partial charge < -0.3 is 15.2 Å². The molecule has 1 fully saturated rings. The van der Waals surface area contributed by atoms with Crippen LogP contribution < -0.4 is 10.3 Å². The minimum Gasteiger partial charge on any atom is -0.480 e. The van der Waals surface area contributed by atoms with Gasteiger partial charge >= 0.3 is 5.97 Å². The third kappa shape index (κ3) is 4.17. The number of benzene rings is 1. The molecule has 2 N–H and O–H groups in total. The summed E-state index contributed by atoms with van der Waals surface area (Å²) < 4.78 is 5.51. The number of hydrogen-bond donors (Lipinski definition) is 2. The number of carbonyl (C=O) groups excluding carboxylic acids is 1. The molecule has 0 radical (unpaired) electrons. The highest BCUT2D eigenvalue weighted by Crippen LogP contribution is 2.25. The molecule has 1 aromatic rings. The monoisotopic (exact) mass is 345 g/mol. The van der Waals surface area contributed by atoms with Crippen molar-refractivity contribution in [2.75, 3.05) is 18.2 Å². The molecule has 0 saturated carbocycles. The van der Waals surface area contributed by atoms with E-state index in [-0.39, 0.29) is 24.1 Å². The predicted octanol–water partition coefficient (Wildman–Crippen LogP) is 1.64. The lowest BCUT2D eigenvalue weighted by atomic mass is 9.96. The van der Waals surface area contributed by atoms with Crippen molar-refractivity contribution in [1.82, 2.24) is 5.32 Å². The van der Waals surface area contributed by atoms with E-state index in [0.717, 1.165) is 12.8 Å². The molecule has 3 unspecified atom stereocenters. The van der Waals surface area contributed by atoms with Crippen LogP contribution in [0.2, 0.25) is 0 Å². The predicted molar refractivity (Wildman–Crippen MR) is 93.5 cm³/mol. The number of aliphatic carboxylic acids is 1. The zero-order valence-corrected chi connectivity index (χ0v) is 14.2. The second-order valence-corrected chi connectivity index (χ2v) is 6.57. The summed E-state index contributed by atoms with van der Waals surface area (Å²) in [5.41, 5.74) is 0.923. The maximum absolute atomic E-state index is 12.4. The van der Waals surface area contributed by atoms with Gasteiger partial charge in [-0.1, -0.05) is 18.2 Å². The number of nitrogens with zero attached hydrogens (tertiary/aromatic N) is 2. The van der Waals surface area contributed by atoms with E-state index < -0.39 is 12.0 Å². The lowest BCUT2D eigenvalue weighted by Crippen LogP contribution is -2.38. The summed E-state index contributed by atoms with van der Waals surface area (Å²) in [6.07, 6.45) is 2.15. The smallest absolute Gasteiger partial charge is 0.328 e. The van der Waals surface area contributed by atoms with E-state index in [1.807, 2.05) is 25.1 Å². The lowest BCUT2D eigenvalue weighted by molar-refractivity contribution is -0.138. The van der Waals surface area contributed by atoms with Crippen molar-refractivity contribution in [2.24, 2.45) is 11.0 Å². The first-order chi connectivity index (χ1) is 12.0. The molecular weight excluding hydrogens is 322 g/mol. The molecule has 2 heterocycles. The van der Waals surface area contributed by atoms with Crippen molar-refractivity contribution in [1.29, 1.82) is 0 Å². The second kappa shape index (κ2) is 7.65. The van der Waals surface area contributed by atoms with Crippen LogP contribution in [0.5, 0.6) is 0 Å². The third-order valence-corrected chi connectivity index (χ3v) is 4.62. The van der Waals surface area contributed by atoms with E-state index in [4.69, 9.17) is 4.74 Å². The number of carbonyl (C=O) groups is 2. The molecule has 25 heavy (non-hydrogen) atoms. The maximum atomic E-state index is 12.4. The van der Waals surface area contributed by atoms with Crippen LogP contribution in [0.4, 0.5) is 5.69 Å². The van der Waals surface area contributed by atoms with Crippen molar-refractivity contribution in [3.8, 4) is 0 Å². The summed E-state index contributed by atoms with van der Waals surface area (Å²) in [5.74, 6) is -0.896. The topological polar surface area (TPSA) is 91.2 Å². The molecule has 1 saturated heterocycles. The molecule has 0 aliphatic carbocycles. The molecule has 3 atom stereocenters. The molecule has 1 amide bonds. The van der Waals surface area contributed by atoms with Crippen molar-refractivity contribution in [2.45, 2.75) is 38.3 Å². The van der Waals surface area contributed by atoms with Crippen LogP contribution in [-0.4, -0.2) is 48.0 Å². The average Bonchev–Trinajstić information content (AvgIpc) is 3.06. The highest BCUT2D eigenvalue weighted by atomic mass is 16.5. The number of amides is 1. The Balaban J connectivity index is 1.64. The van der Waals surface area contributed by atoms with Gasteiger partial charge in [0.25, 0.3) is 5.91 Å². The summed E-state index contributed by atoms with van der Waals surface area (Å²) in [5, 5.41) is 18.0. The lowest BCUT2D eigenvalue weighted by Gasteiger charge is -2.27. The number of anilines is 1. The Kier molecular flexibility index (Phi) is 5.33. The number of ether oxygens (including phenoxy) is 1. The van der Waals surface area contributed by atoms with E-state index in [1.165, 1.54) is 5.01 Å². The summed E-state index contributed by atoms with van der Waals surface area (Å²) in [6, 6.07) is 8.18. The molecule has 7 nitrogen and oxygen atoms in total. The largest absolute Gasteiger partial charge is 0.480 e. The van der Waals surface area contributed by atoms with Crippen LogP contribution in [-0.2, 0) is 14.3 Å². The molecule has 0 bridgehead atoms. The quantitative estimate of drug-likeness (QED) is 0.846. The third-order valence-electron chi connectivity index (χ3n) is 4.62. The molecule has 1 aromatic carbocycles. The van der Waals surface area contributed by atoms with Gasteiger partial charge in [0.05, 0.1) is 11.8 Å². The molecule has 2 aliphatic heterocycles. The number of rotatable bonds is 5. The van der Waals surface area contributed by atoms with Gasteiger partial charge in [0.2, 0.25) is 0 Å². The van der Waals surface area contributed by atoms with Gasteiger partial charge in [0, 0.05) is 19.6 Å². The van der Waals surface area contributed by atoms with Gasteiger partial charge in [0.1, 0.15) is 5.71 Å². The summed E-state index contributed by atoms with van der Waals surface area (Å²) >= 11 is 0. The van der Waals surface area contributed by atoms with E-state index in [0.29, 0.717) is 24.8 Å². The Bertz CT molecular complexity index is 662. The van der Waals surface area contributed by atoms with Crippen molar-refractivity contribution < 1.29 is 19.4 Å². The average molecular weight is 345 g/mol. The van der Waals surface area contributed by atoms with E-state index in [1.54, 1.807) is 12.1 Å². The molecular formula is C18H23N3O4. The fraction of sp³-hybridized carbons (Fsp3) is 0.500. The van der Waals surface area contributed by atoms with Crippen molar-refractivity contribution >= 4 is 23.3 Å². The van der Waals surface area contributed by atoms with E-state index >= 15 is 0 Å². The SMILES string of the molecule is CC1CC(CNC(=O)C2=NN(c3ccccc3)C(C(=O)O)C2)CCO1. The maximum Gasteiger partial charge on any atom is 0.328 e. The van der Waals surface area contributed by atoms with Crippen LogP contribution in [0.3, 0.4) is 0 Å². The summed E-state index contributed by atoms with van der Waals surface area (Å²) in [4.78, 5) is 24.0. The van der Waals surface area contributed by atoms with Gasteiger partial charge in [-0.3, -0.25) is 9.80 Å². The Labute approximate surface area is 146 Å². The first-order valence-electron chi connectivity index (χ1n) is 8.59. The van der Waals surface area contributed by atoms with Crippen molar-refractivity contribution in [3.63, 3.8) is 0 Å². The minimum atomic E-state index is -0.992. The fourth-order valence-corrected chi connectivity index (χ4v) is 3.27. The van der Waals surface area contributed by atoms with Gasteiger partial charge in [-0.05, 0) is 37.8 Å². The number of carboxylic acid groups (broad SMARTS) is 1. The van der Waals surface area contributed by atoms with Gasteiger partial charge in [0.15, 0.2) is 6.04 Å². The van der Waals surface area contributed by atoms with Gasteiger partial charge in [-0.15, -0.1) is 0 Å². The number of hydrazone groups is 1. The highest BCUT2D eigenvalue weighted by Gasteiger charge is 2.36. The molecule has 0 spiro atoms. The normalized spacial score (nSPS) is 26.2. The molecule has 2 aliphatic rings. The zero-order valence-electron chi connectivity index (χ0n) is 14.2. The fourth-order valence-electron chi connectivity index (χ4n) is 3.27. The Morgan fingerprint density at radius 2 is 2.12 bits per heavy atom. The Morgan fingerprint density at radius 3 is 2.80 bits per heavy atom. The standard InChI is InChI=1S/C18H23N3O4/c1-12-9-13(7-8-25-12)11-19-17(22)15-10-16(18(23)24)21(20-15)14-5-3-2-4-6-14/h2-6,12-13,16H,7-11H2,1H3,(H,19,22)(H,23,24). The molecule has 134 valence electrons. The van der Waals surface area contributed by atoms with Gasteiger partial charge in [-0.25, -0.2) is 4.79 Å². The Morgan fingerprint density at radius 1 is 1.36 bits per heavy atom. The van der Waals surface area contributed by atoms with E-state index in [9.17, 15) is 14.7 Å². The van der Waals surface area contributed by atoms with Crippen LogP contribution in [0.15, 0.2) is 35.4 Å². The molecule has 7 heteroatoms. The highest BCUT2D eigenvalue weighted by molar-refractivity contribution is 6.40. The molecule has 0 aromatic heterocycles. The Hall–Kier alpha value is -2.41. The first kappa shape index (κ1) is 17.4. The number of nitrogens with one attached hydrogen (secondary N) is 1. The first-order valence-corrected chi connectivity index (χ1v) is 8.59. The minimum absolute atomic E-state index is 0.0975. The summed E-state index contributed by atoms with van der Waals surface area (Å²) in [6.45, 7) is 3.31. The van der Waals surface area contributed by atoms with Crippen molar-refractivity contribution in [3.05, 3.63) is 30.3 Å². The van der Waals surface area contributed by atoms with Crippen LogP contribution >= 0.6 is 0 Å². The van der Waals surface area contributed by atoms with Crippen LogP contribution in [0.25, 0.3) is 0 Å². The number of para-hydroxylation sites is 1. The second-order valence-electron chi connectivity index (χ2n) is 6.57. The summed E-state index contributed by atoms with van der Waals surface area (Å²) in [7, 11) is 0.